The molecule has 0 spiro atoms. The summed E-state index contributed by atoms with van der Waals surface area (Å²) in [7, 11) is -11.4. The number of nitrogens with zero attached hydrogens (tertiary/aromatic N) is 1. The largest absolute Gasteiger partial charge is 0.463 e. The van der Waals surface area contributed by atoms with E-state index in [0.717, 1.165) is 39.7 Å². The van der Waals surface area contributed by atoms with Gasteiger partial charge in [-0.25, -0.2) is 44.2 Å². The second-order valence-electron chi connectivity index (χ2n) is 20.2. The number of hydrogen-bond acceptors (Lipinski definition) is 12. The third-order valence-corrected chi connectivity index (χ3v) is 17.8. The van der Waals surface area contributed by atoms with Gasteiger partial charge in [0.2, 0.25) is 0 Å². The number of para-hydroxylation sites is 2. The standard InChI is InChI=1S/C58H62F4N4O9S3/c1-11-58(9,10)56(67)73-27-26-63-57(68)74-28-29-76-54-48(59)50(61)55(51(62)49(54)60)78(71,72)66-77(69,70)46-21-13-12-17-43(46)47-41-24-22-36(64-52-35(8)16-14-18-38(52)32(2)3)30-44(41)75-45-31-37(23-25-42(45)47)65-53-39(33(4)5)19-15-20-40(53)34(6)7/h12-25,30-34,64,66H,11,26-29H2,1-10H3,(H,63,68)/b65-37+. The number of esters is 1. The van der Waals surface area contributed by atoms with E-state index in [1.54, 1.807) is 50.2 Å². The van der Waals surface area contributed by atoms with Gasteiger partial charge < -0.3 is 24.5 Å². The second kappa shape index (κ2) is 24.1. The average Bonchev–Trinajstić information content (AvgIpc) is 3.42. The number of nitrogens with one attached hydrogen (secondary N) is 3. The summed E-state index contributed by atoms with van der Waals surface area (Å²) in [5.74, 6) is -9.31. The number of carbonyl (C=O) groups is 2. The molecule has 1 aliphatic carbocycles. The fraction of sp³-hybridized carbons (Fsp3) is 0.328. The minimum atomic E-state index is -5.97. The summed E-state index contributed by atoms with van der Waals surface area (Å²) in [6.07, 6.45) is -0.476. The summed E-state index contributed by atoms with van der Waals surface area (Å²) in [5.41, 5.74) is 6.57. The van der Waals surface area contributed by atoms with Gasteiger partial charge in [-0.15, -0.1) is 15.9 Å². The monoisotopic (exact) mass is 1130 g/mol. The van der Waals surface area contributed by atoms with Crippen molar-refractivity contribution < 1.29 is 57.9 Å². The maximum absolute atomic E-state index is 15.8. The summed E-state index contributed by atoms with van der Waals surface area (Å²) in [6, 6.07) is 27.8. The van der Waals surface area contributed by atoms with Crippen LogP contribution in [0, 0.1) is 35.6 Å². The molecule has 0 fully saturated rings. The topological polar surface area (TPSA) is 182 Å². The van der Waals surface area contributed by atoms with Gasteiger partial charge in [-0.05, 0) is 97.5 Å². The Kier molecular flexibility index (Phi) is 18.2. The Labute approximate surface area is 456 Å². The average molecular weight is 1130 g/mol. The molecule has 414 valence electrons. The number of benzene rings is 6. The van der Waals surface area contributed by atoms with Crippen LogP contribution >= 0.6 is 11.8 Å². The number of alkyl carbamates (subject to hydrolysis) is 1. The molecule has 1 heterocycles. The van der Waals surface area contributed by atoms with Crippen molar-refractivity contribution in [2.75, 3.05) is 30.8 Å². The van der Waals surface area contributed by atoms with Crippen molar-refractivity contribution in [1.29, 1.82) is 0 Å². The zero-order valence-corrected chi connectivity index (χ0v) is 47.3. The first kappa shape index (κ1) is 58.9. The number of sulfonamides is 2. The van der Waals surface area contributed by atoms with Crippen LogP contribution in [0.1, 0.15) is 109 Å². The summed E-state index contributed by atoms with van der Waals surface area (Å²) in [5, 5.41) is 6.75. The van der Waals surface area contributed by atoms with Crippen LogP contribution in [0.3, 0.4) is 0 Å². The van der Waals surface area contributed by atoms with E-state index in [1.807, 2.05) is 50.2 Å². The summed E-state index contributed by atoms with van der Waals surface area (Å²) >= 11 is 0.164. The van der Waals surface area contributed by atoms with E-state index in [2.05, 4.69) is 52.2 Å². The molecule has 20 heteroatoms. The van der Waals surface area contributed by atoms with E-state index in [9.17, 15) is 26.4 Å². The van der Waals surface area contributed by atoms with Crippen LogP contribution in [0.5, 0.6) is 0 Å². The minimum absolute atomic E-state index is 0.0648. The van der Waals surface area contributed by atoms with Crippen LogP contribution in [0.2, 0.25) is 0 Å². The Morgan fingerprint density at radius 3 is 1.99 bits per heavy atom. The number of thioether (sulfide) groups is 1. The normalized spacial score (nSPS) is 12.6. The molecule has 7 rings (SSSR count). The predicted molar refractivity (Wildman–Crippen MR) is 296 cm³/mol. The van der Waals surface area contributed by atoms with Gasteiger partial charge in [0, 0.05) is 51.3 Å². The first-order chi connectivity index (χ1) is 36.8. The van der Waals surface area contributed by atoms with Crippen molar-refractivity contribution in [3.63, 3.8) is 0 Å². The molecule has 0 saturated carbocycles. The number of halogens is 4. The minimum Gasteiger partial charge on any atom is -0.463 e. The van der Waals surface area contributed by atoms with Crippen LogP contribution in [0.25, 0.3) is 33.4 Å². The van der Waals surface area contributed by atoms with Gasteiger partial charge in [-0.1, -0.05) is 103 Å². The zero-order chi connectivity index (χ0) is 57.0. The Morgan fingerprint density at radius 2 is 1.35 bits per heavy atom. The van der Waals surface area contributed by atoms with E-state index < -0.39 is 87.8 Å². The first-order valence-electron chi connectivity index (χ1n) is 25.3. The second-order valence-corrected chi connectivity index (χ2v) is 24.8. The quantitative estimate of drug-likeness (QED) is 0.0165. The summed E-state index contributed by atoms with van der Waals surface area (Å²) < 4.78 is 138. The number of fused-ring (bicyclic) bond motifs is 2. The van der Waals surface area contributed by atoms with Crippen molar-refractivity contribution >= 4 is 71.9 Å². The van der Waals surface area contributed by atoms with E-state index >= 15 is 17.6 Å². The van der Waals surface area contributed by atoms with Gasteiger partial charge in [-0.3, -0.25) is 4.79 Å². The molecule has 78 heavy (non-hydrogen) atoms. The van der Waals surface area contributed by atoms with Crippen LogP contribution in [-0.2, 0) is 34.3 Å². The predicted octanol–water partition coefficient (Wildman–Crippen LogP) is 13.9. The molecule has 0 radical (unpaired) electrons. The third-order valence-electron chi connectivity index (χ3n) is 13.2. The van der Waals surface area contributed by atoms with Gasteiger partial charge in [-0.2, -0.15) is 0 Å². The van der Waals surface area contributed by atoms with E-state index in [0.29, 0.717) is 28.4 Å². The van der Waals surface area contributed by atoms with Gasteiger partial charge >= 0.3 is 12.1 Å². The van der Waals surface area contributed by atoms with Gasteiger partial charge in [0.1, 0.15) is 24.6 Å². The van der Waals surface area contributed by atoms with Gasteiger partial charge in [0.25, 0.3) is 20.0 Å². The molecule has 0 atom stereocenters. The number of hydrogen-bond donors (Lipinski definition) is 3. The number of anilines is 2. The highest BCUT2D eigenvalue weighted by Crippen LogP contribution is 2.44. The zero-order valence-electron chi connectivity index (χ0n) is 44.9. The third kappa shape index (κ3) is 12.7. The Hall–Kier alpha value is -6.74. The van der Waals surface area contributed by atoms with Crippen molar-refractivity contribution in [3.8, 4) is 22.5 Å². The molecule has 2 aliphatic rings. The molecular formula is C58H62F4N4O9S3. The lowest BCUT2D eigenvalue weighted by molar-refractivity contribution is -0.153. The van der Waals surface area contributed by atoms with E-state index in [1.165, 1.54) is 22.3 Å². The highest BCUT2D eigenvalue weighted by molar-refractivity contribution is 8.04. The molecular weight excluding hydrogens is 1070 g/mol. The highest BCUT2D eigenvalue weighted by atomic mass is 32.3. The molecule has 5 aromatic carbocycles. The van der Waals surface area contributed by atoms with Crippen molar-refractivity contribution in [1.82, 2.24) is 9.44 Å². The lowest BCUT2D eigenvalue weighted by Crippen LogP contribution is -2.33. The molecule has 1 amide bonds. The van der Waals surface area contributed by atoms with Crippen LogP contribution in [-0.4, -0.2) is 54.4 Å². The fourth-order valence-electron chi connectivity index (χ4n) is 8.63. The van der Waals surface area contributed by atoms with Crippen LogP contribution in [0.15, 0.2) is 121 Å². The molecule has 1 aliphatic heterocycles. The summed E-state index contributed by atoms with van der Waals surface area (Å²) in [6.45, 7) is 18.8. The molecule has 0 unspecified atom stereocenters. The number of rotatable bonds is 20. The van der Waals surface area contributed by atoms with Crippen molar-refractivity contribution in [3.05, 3.63) is 148 Å². The lowest BCUT2D eigenvalue weighted by Gasteiger charge is -2.20. The SMILES string of the molecule is CCC(C)(C)C(=O)OCCNC(=O)OCCSc1c(F)c(F)c(S(=O)(=O)NS(=O)(=O)c2ccccc2-c2c3cc/c(=N\c4c(C(C)C)cccc4C(C)C)cc-3oc3cc(Nc4c(C)cccc4C(C)C)ccc23)c(F)c1F. The van der Waals surface area contributed by atoms with Crippen LogP contribution in [0.4, 0.5) is 39.4 Å². The van der Waals surface area contributed by atoms with E-state index in [-0.39, 0.29) is 65.1 Å². The Balaban J connectivity index is 1.24. The number of carbonyl (C=O) groups excluding carboxylic acids is 2. The smallest absolute Gasteiger partial charge is 0.407 e. The Bertz CT molecular complexity index is 3640. The lowest BCUT2D eigenvalue weighted by atomic mass is 9.91. The van der Waals surface area contributed by atoms with Crippen LogP contribution < -0.4 is 20.1 Å². The van der Waals surface area contributed by atoms with E-state index in [4.69, 9.17) is 18.9 Å². The first-order valence-corrected chi connectivity index (χ1v) is 29.2. The maximum atomic E-state index is 15.8. The van der Waals surface area contributed by atoms with Crippen molar-refractivity contribution in [2.45, 2.75) is 108 Å². The van der Waals surface area contributed by atoms with Gasteiger partial charge in [0.15, 0.2) is 28.2 Å². The molecule has 0 saturated heterocycles. The molecule has 3 N–H and O–H groups in total. The number of amides is 1. The van der Waals surface area contributed by atoms with Gasteiger partial charge in [0.05, 0.1) is 32.8 Å². The fourth-order valence-corrected chi connectivity index (χ4v) is 12.7. The Morgan fingerprint density at radius 1 is 0.718 bits per heavy atom. The maximum Gasteiger partial charge on any atom is 0.407 e. The summed E-state index contributed by atoms with van der Waals surface area (Å²) in [4.78, 5) is 25.2. The highest BCUT2D eigenvalue weighted by Gasteiger charge is 2.37. The number of ether oxygens (including phenoxy) is 2. The molecule has 0 bridgehead atoms. The van der Waals surface area contributed by atoms with Crippen molar-refractivity contribution in [2.24, 2.45) is 10.4 Å². The molecule has 13 nitrogen and oxygen atoms in total. The molecule has 5 aromatic rings. The number of aryl methyl sites for hydroxylation is 1. The molecule has 0 aromatic heterocycles.